The number of amides is 1. The van der Waals surface area contributed by atoms with E-state index in [1.807, 2.05) is 37.1 Å². The smallest absolute Gasteiger partial charge is 0.225 e. The molecule has 0 radical (unpaired) electrons. The number of thiazole rings is 1. The molecule has 122 valence electrons. The SMILES string of the molecule is Cc1nc(Nc2nccs2)cc([C@@H]2CCN(C(=O)C(C)C)C2)n1. The molecule has 2 aromatic rings. The molecule has 1 saturated heterocycles. The van der Waals surface area contributed by atoms with Crippen LogP contribution in [0.3, 0.4) is 0 Å². The third-order valence-electron chi connectivity index (χ3n) is 3.94. The first-order valence-corrected chi connectivity index (χ1v) is 8.72. The number of hydrogen-bond donors (Lipinski definition) is 1. The van der Waals surface area contributed by atoms with Crippen molar-refractivity contribution in [3.63, 3.8) is 0 Å². The van der Waals surface area contributed by atoms with E-state index < -0.39 is 0 Å². The zero-order valence-corrected chi connectivity index (χ0v) is 14.4. The summed E-state index contributed by atoms with van der Waals surface area (Å²) >= 11 is 1.53. The van der Waals surface area contributed by atoms with Crippen molar-refractivity contribution >= 4 is 28.2 Å². The van der Waals surface area contributed by atoms with Crippen molar-refractivity contribution in [2.45, 2.75) is 33.1 Å². The van der Waals surface area contributed by atoms with E-state index in [9.17, 15) is 4.79 Å². The first-order chi connectivity index (χ1) is 11.0. The normalized spacial score (nSPS) is 17.7. The quantitative estimate of drug-likeness (QED) is 0.932. The van der Waals surface area contributed by atoms with Crippen molar-refractivity contribution in [2.75, 3.05) is 18.4 Å². The number of nitrogens with one attached hydrogen (secondary N) is 1. The van der Waals surface area contributed by atoms with Gasteiger partial charge in [-0.3, -0.25) is 4.79 Å². The lowest BCUT2D eigenvalue weighted by atomic mass is 10.0. The van der Waals surface area contributed by atoms with Crippen LogP contribution in [0.15, 0.2) is 17.6 Å². The Kier molecular flexibility index (Phi) is 4.56. The Bertz CT molecular complexity index is 686. The van der Waals surface area contributed by atoms with Crippen molar-refractivity contribution in [1.29, 1.82) is 0 Å². The van der Waals surface area contributed by atoms with E-state index in [4.69, 9.17) is 0 Å². The highest BCUT2D eigenvalue weighted by Crippen LogP contribution is 2.29. The van der Waals surface area contributed by atoms with Gasteiger partial charge in [0.15, 0.2) is 5.13 Å². The molecule has 2 aromatic heterocycles. The van der Waals surface area contributed by atoms with E-state index in [2.05, 4.69) is 20.3 Å². The molecule has 1 atom stereocenters. The summed E-state index contributed by atoms with van der Waals surface area (Å²) < 4.78 is 0. The molecule has 1 N–H and O–H groups in total. The van der Waals surface area contributed by atoms with Crippen LogP contribution in [0.4, 0.5) is 10.9 Å². The predicted molar refractivity (Wildman–Crippen MR) is 90.9 cm³/mol. The van der Waals surface area contributed by atoms with Crippen LogP contribution in [0, 0.1) is 12.8 Å². The second-order valence-corrected chi connectivity index (χ2v) is 7.01. The summed E-state index contributed by atoms with van der Waals surface area (Å²) in [5.74, 6) is 2.03. The van der Waals surface area contributed by atoms with Gasteiger partial charge in [0.2, 0.25) is 5.91 Å². The summed E-state index contributed by atoms with van der Waals surface area (Å²) in [4.78, 5) is 27.3. The third kappa shape index (κ3) is 3.67. The fraction of sp³-hybridized carbons (Fsp3) is 0.500. The Labute approximate surface area is 140 Å². The number of likely N-dealkylation sites (tertiary alicyclic amines) is 1. The third-order valence-corrected chi connectivity index (χ3v) is 4.63. The van der Waals surface area contributed by atoms with Crippen molar-refractivity contribution in [3.05, 3.63) is 29.2 Å². The Hall–Kier alpha value is -2.02. The minimum absolute atomic E-state index is 0.0445. The van der Waals surface area contributed by atoms with Gasteiger partial charge in [-0.1, -0.05) is 13.8 Å². The van der Waals surface area contributed by atoms with Gasteiger partial charge in [0.05, 0.1) is 5.69 Å². The highest BCUT2D eigenvalue weighted by atomic mass is 32.1. The van der Waals surface area contributed by atoms with E-state index in [0.29, 0.717) is 0 Å². The molecule has 7 heteroatoms. The van der Waals surface area contributed by atoms with Gasteiger partial charge in [0.1, 0.15) is 11.6 Å². The second kappa shape index (κ2) is 6.62. The second-order valence-electron chi connectivity index (χ2n) is 6.11. The van der Waals surface area contributed by atoms with Gasteiger partial charge in [-0.15, -0.1) is 11.3 Å². The molecule has 23 heavy (non-hydrogen) atoms. The van der Waals surface area contributed by atoms with E-state index in [0.717, 1.165) is 42.0 Å². The molecule has 0 saturated carbocycles. The van der Waals surface area contributed by atoms with E-state index in [-0.39, 0.29) is 17.7 Å². The largest absolute Gasteiger partial charge is 0.342 e. The van der Waals surface area contributed by atoms with Crippen molar-refractivity contribution in [2.24, 2.45) is 5.92 Å². The van der Waals surface area contributed by atoms with Crippen LogP contribution >= 0.6 is 11.3 Å². The molecule has 1 aliphatic rings. The summed E-state index contributed by atoms with van der Waals surface area (Å²) in [5.41, 5.74) is 0.996. The fourth-order valence-corrected chi connectivity index (χ4v) is 3.36. The summed E-state index contributed by atoms with van der Waals surface area (Å²) in [6.07, 6.45) is 2.71. The summed E-state index contributed by atoms with van der Waals surface area (Å²) in [7, 11) is 0. The van der Waals surface area contributed by atoms with Crippen molar-refractivity contribution < 1.29 is 4.79 Å². The molecule has 1 amide bonds. The van der Waals surface area contributed by atoms with Crippen LogP contribution in [0.1, 0.15) is 37.7 Å². The molecule has 0 unspecified atom stereocenters. The van der Waals surface area contributed by atoms with Crippen LogP contribution in [0.25, 0.3) is 0 Å². The topological polar surface area (TPSA) is 71.0 Å². The number of anilines is 2. The monoisotopic (exact) mass is 331 g/mol. The van der Waals surface area contributed by atoms with Gasteiger partial charge < -0.3 is 10.2 Å². The lowest BCUT2D eigenvalue weighted by molar-refractivity contribution is -0.133. The fourth-order valence-electron chi connectivity index (χ4n) is 2.83. The number of hydrogen-bond acceptors (Lipinski definition) is 6. The number of carbonyl (C=O) groups excluding carboxylic acids is 1. The molecule has 0 bridgehead atoms. The van der Waals surface area contributed by atoms with Gasteiger partial charge >= 0.3 is 0 Å². The minimum Gasteiger partial charge on any atom is -0.342 e. The number of carbonyl (C=O) groups is 1. The highest BCUT2D eigenvalue weighted by molar-refractivity contribution is 7.13. The zero-order valence-electron chi connectivity index (χ0n) is 13.6. The Morgan fingerprint density at radius 2 is 2.26 bits per heavy atom. The molecule has 0 spiro atoms. The molecule has 0 aliphatic carbocycles. The van der Waals surface area contributed by atoms with Crippen LogP contribution < -0.4 is 5.32 Å². The lowest BCUT2D eigenvalue weighted by Gasteiger charge is -2.18. The molecular formula is C16H21N5OS. The Balaban J connectivity index is 1.75. The van der Waals surface area contributed by atoms with Crippen LogP contribution in [0.5, 0.6) is 0 Å². The average Bonchev–Trinajstić information content (AvgIpc) is 3.16. The van der Waals surface area contributed by atoms with Crippen LogP contribution in [-0.4, -0.2) is 38.8 Å². The van der Waals surface area contributed by atoms with Gasteiger partial charge in [0.25, 0.3) is 0 Å². The average molecular weight is 331 g/mol. The molecule has 3 rings (SSSR count). The summed E-state index contributed by atoms with van der Waals surface area (Å²) in [6, 6.07) is 1.97. The molecular weight excluding hydrogens is 310 g/mol. The first kappa shape index (κ1) is 15.9. The molecule has 0 aromatic carbocycles. The van der Waals surface area contributed by atoms with Gasteiger partial charge in [-0.05, 0) is 13.3 Å². The van der Waals surface area contributed by atoms with Crippen LogP contribution in [0.2, 0.25) is 0 Å². The predicted octanol–water partition coefficient (Wildman–Crippen LogP) is 2.96. The number of aryl methyl sites for hydroxylation is 1. The number of rotatable bonds is 4. The minimum atomic E-state index is 0.0445. The van der Waals surface area contributed by atoms with E-state index in [1.54, 1.807) is 6.20 Å². The maximum absolute atomic E-state index is 12.1. The van der Waals surface area contributed by atoms with Crippen molar-refractivity contribution in [3.8, 4) is 0 Å². The van der Waals surface area contributed by atoms with E-state index >= 15 is 0 Å². The maximum atomic E-state index is 12.1. The van der Waals surface area contributed by atoms with Gasteiger partial charge in [-0.25, -0.2) is 15.0 Å². The standard InChI is InChI=1S/C16H21N5OS/c1-10(2)15(22)21-6-4-12(9-21)13-8-14(19-11(3)18-13)20-16-17-5-7-23-16/h5,7-8,10,12H,4,6,9H2,1-3H3,(H,17,18,19,20)/t12-/m1/s1. The first-order valence-electron chi connectivity index (χ1n) is 7.84. The highest BCUT2D eigenvalue weighted by Gasteiger charge is 2.29. The summed E-state index contributed by atoms with van der Waals surface area (Å²) in [5, 5.41) is 5.95. The zero-order chi connectivity index (χ0) is 16.4. The van der Waals surface area contributed by atoms with Crippen LogP contribution in [-0.2, 0) is 4.79 Å². The summed E-state index contributed by atoms with van der Waals surface area (Å²) in [6.45, 7) is 7.33. The molecule has 1 aliphatic heterocycles. The maximum Gasteiger partial charge on any atom is 0.225 e. The lowest BCUT2D eigenvalue weighted by Crippen LogP contribution is -2.32. The number of nitrogens with zero attached hydrogens (tertiary/aromatic N) is 4. The van der Waals surface area contributed by atoms with Gasteiger partial charge in [-0.2, -0.15) is 0 Å². The Morgan fingerprint density at radius 3 is 2.96 bits per heavy atom. The molecule has 1 fully saturated rings. The van der Waals surface area contributed by atoms with Gasteiger partial charge in [0, 0.05) is 42.6 Å². The Morgan fingerprint density at radius 1 is 1.43 bits per heavy atom. The van der Waals surface area contributed by atoms with E-state index in [1.165, 1.54) is 11.3 Å². The molecule has 6 nitrogen and oxygen atoms in total. The molecule has 3 heterocycles. The van der Waals surface area contributed by atoms with Crippen molar-refractivity contribution in [1.82, 2.24) is 19.9 Å². The number of aromatic nitrogens is 3.